The molecule has 3 amide bonds. The number of halogens is 2. The first-order valence-corrected chi connectivity index (χ1v) is 13.7. The number of pyridine rings is 1. The van der Waals surface area contributed by atoms with Gasteiger partial charge in [0, 0.05) is 31.6 Å². The fourth-order valence-electron chi connectivity index (χ4n) is 4.94. The van der Waals surface area contributed by atoms with Crippen LogP contribution in [0.5, 0.6) is 0 Å². The van der Waals surface area contributed by atoms with E-state index in [0.717, 1.165) is 32.1 Å². The molecule has 40 heavy (non-hydrogen) atoms. The average Bonchev–Trinajstić information content (AvgIpc) is 2.96. The van der Waals surface area contributed by atoms with Crippen LogP contribution in [0.25, 0.3) is 0 Å². The Hall–Kier alpha value is -4.14. The van der Waals surface area contributed by atoms with Crippen LogP contribution in [0.15, 0.2) is 72.9 Å². The average molecular weight is 549 g/mol. The van der Waals surface area contributed by atoms with Gasteiger partial charge in [0.15, 0.2) is 0 Å². The first-order valence-electron chi connectivity index (χ1n) is 13.7. The molecule has 1 heterocycles. The Balaban J connectivity index is 1.54. The van der Waals surface area contributed by atoms with Gasteiger partial charge in [0.1, 0.15) is 23.5 Å². The summed E-state index contributed by atoms with van der Waals surface area (Å²) in [6.45, 7) is 0.0410. The van der Waals surface area contributed by atoms with Crippen molar-refractivity contribution in [1.29, 1.82) is 0 Å². The number of hydrogen-bond acceptors (Lipinski definition) is 4. The van der Waals surface area contributed by atoms with E-state index < -0.39 is 17.7 Å². The molecule has 1 aromatic heterocycles. The van der Waals surface area contributed by atoms with E-state index >= 15 is 0 Å². The Morgan fingerprint density at radius 2 is 1.55 bits per heavy atom. The van der Waals surface area contributed by atoms with E-state index in [-0.39, 0.29) is 49.6 Å². The van der Waals surface area contributed by atoms with E-state index in [1.165, 1.54) is 41.3 Å². The molecule has 7 nitrogen and oxygen atoms in total. The summed E-state index contributed by atoms with van der Waals surface area (Å²) in [6.07, 6.45) is 6.79. The van der Waals surface area contributed by atoms with E-state index in [1.807, 2.05) is 0 Å². The highest BCUT2D eigenvalue weighted by atomic mass is 19.1. The molecule has 1 fully saturated rings. The van der Waals surface area contributed by atoms with Crippen LogP contribution in [-0.2, 0) is 20.9 Å². The largest absolute Gasteiger partial charge is 0.351 e. The van der Waals surface area contributed by atoms with Gasteiger partial charge in [-0.2, -0.15) is 0 Å². The van der Waals surface area contributed by atoms with E-state index in [1.54, 1.807) is 36.5 Å². The van der Waals surface area contributed by atoms with Crippen molar-refractivity contribution in [3.05, 3.63) is 95.7 Å². The summed E-state index contributed by atoms with van der Waals surface area (Å²) < 4.78 is 27.4. The zero-order valence-electron chi connectivity index (χ0n) is 22.3. The van der Waals surface area contributed by atoms with Crippen LogP contribution in [0.1, 0.15) is 68.5 Å². The molecule has 0 aliphatic heterocycles. The molecule has 3 aromatic rings. The van der Waals surface area contributed by atoms with E-state index in [2.05, 4.69) is 15.6 Å². The Morgan fingerprint density at radius 3 is 2.20 bits per heavy atom. The van der Waals surface area contributed by atoms with Gasteiger partial charge in [0.05, 0.1) is 0 Å². The van der Waals surface area contributed by atoms with Gasteiger partial charge in [-0.15, -0.1) is 0 Å². The Labute approximate surface area is 233 Å². The third kappa shape index (κ3) is 8.43. The summed E-state index contributed by atoms with van der Waals surface area (Å²) in [5.41, 5.74) is 1.11. The zero-order chi connectivity index (χ0) is 28.3. The van der Waals surface area contributed by atoms with Crippen molar-refractivity contribution in [1.82, 2.24) is 15.2 Å². The summed E-state index contributed by atoms with van der Waals surface area (Å²) in [6, 6.07) is 15.4. The second-order valence-corrected chi connectivity index (χ2v) is 10.1. The van der Waals surface area contributed by atoms with Crippen molar-refractivity contribution in [2.45, 2.75) is 70.0 Å². The predicted molar refractivity (Wildman–Crippen MR) is 148 cm³/mol. The predicted octanol–water partition coefficient (Wildman–Crippen LogP) is 5.69. The highest BCUT2D eigenvalue weighted by Crippen LogP contribution is 2.27. The minimum Gasteiger partial charge on any atom is -0.351 e. The van der Waals surface area contributed by atoms with Gasteiger partial charge >= 0.3 is 0 Å². The number of benzene rings is 2. The lowest BCUT2D eigenvalue weighted by Crippen LogP contribution is -2.46. The normalized spacial score (nSPS) is 14.2. The van der Waals surface area contributed by atoms with Gasteiger partial charge in [-0.05, 0) is 66.8 Å². The molecular weight excluding hydrogens is 514 g/mol. The van der Waals surface area contributed by atoms with Crippen LogP contribution >= 0.6 is 0 Å². The molecule has 0 saturated heterocycles. The zero-order valence-corrected chi connectivity index (χ0v) is 22.3. The lowest BCUT2D eigenvalue weighted by Gasteiger charge is -2.33. The summed E-state index contributed by atoms with van der Waals surface area (Å²) in [5.74, 6) is -1.41. The number of carbonyl (C=O) groups is 3. The SMILES string of the molecule is O=C(CCCC(=O)N(Cc1ccc(F)cc1)[C@@H](C(=O)NC1CCCCC1)c1ccc(F)cc1)Nc1ccccn1. The van der Waals surface area contributed by atoms with Crippen LogP contribution in [0, 0.1) is 11.6 Å². The maximum Gasteiger partial charge on any atom is 0.247 e. The summed E-state index contributed by atoms with van der Waals surface area (Å²) in [5, 5.41) is 5.80. The van der Waals surface area contributed by atoms with Crippen molar-refractivity contribution in [2.75, 3.05) is 5.32 Å². The number of carbonyl (C=O) groups excluding carboxylic acids is 3. The second kappa shape index (κ2) is 14.3. The molecule has 0 unspecified atom stereocenters. The lowest BCUT2D eigenvalue weighted by atomic mass is 9.94. The quantitative estimate of drug-likeness (QED) is 0.322. The van der Waals surface area contributed by atoms with Crippen molar-refractivity contribution in [3.63, 3.8) is 0 Å². The molecular formula is C31H34F2N4O3. The number of rotatable bonds is 11. The number of amides is 3. The van der Waals surface area contributed by atoms with Gasteiger partial charge < -0.3 is 15.5 Å². The molecule has 9 heteroatoms. The van der Waals surface area contributed by atoms with Crippen LogP contribution in [-0.4, -0.2) is 33.6 Å². The van der Waals surface area contributed by atoms with Crippen LogP contribution in [0.2, 0.25) is 0 Å². The van der Waals surface area contributed by atoms with Gasteiger partial charge in [-0.3, -0.25) is 14.4 Å². The molecule has 0 radical (unpaired) electrons. The highest BCUT2D eigenvalue weighted by Gasteiger charge is 2.33. The topological polar surface area (TPSA) is 91.4 Å². The van der Waals surface area contributed by atoms with Gasteiger partial charge in [-0.1, -0.05) is 49.6 Å². The molecule has 0 spiro atoms. The highest BCUT2D eigenvalue weighted by molar-refractivity contribution is 5.91. The van der Waals surface area contributed by atoms with Gasteiger partial charge in [-0.25, -0.2) is 13.8 Å². The van der Waals surface area contributed by atoms with Crippen LogP contribution in [0.4, 0.5) is 14.6 Å². The van der Waals surface area contributed by atoms with Gasteiger partial charge in [0.2, 0.25) is 17.7 Å². The van der Waals surface area contributed by atoms with Crippen molar-refractivity contribution in [3.8, 4) is 0 Å². The molecule has 1 saturated carbocycles. The first-order chi connectivity index (χ1) is 19.4. The third-order valence-corrected chi connectivity index (χ3v) is 7.01. The standard InChI is InChI=1S/C31H34F2N4O3/c32-24-16-12-22(13-17-24)21-37(29(39)11-6-10-28(38)36-27-9-4-5-20-34-27)30(23-14-18-25(33)19-15-23)31(40)35-26-7-2-1-3-8-26/h4-5,9,12-20,26,30H,1-3,6-8,10-11,21H2,(H,35,40)(H,34,36,38)/t30-/m1/s1. The maximum atomic E-state index is 13.8. The molecule has 4 rings (SSSR count). The fourth-order valence-corrected chi connectivity index (χ4v) is 4.94. The number of nitrogens with zero attached hydrogens (tertiary/aromatic N) is 2. The molecule has 2 aromatic carbocycles. The number of nitrogens with one attached hydrogen (secondary N) is 2. The summed E-state index contributed by atoms with van der Waals surface area (Å²) in [4.78, 5) is 45.3. The molecule has 2 N–H and O–H groups in total. The first kappa shape index (κ1) is 28.9. The maximum absolute atomic E-state index is 13.8. The number of aromatic nitrogens is 1. The second-order valence-electron chi connectivity index (χ2n) is 10.1. The van der Waals surface area contributed by atoms with Crippen molar-refractivity contribution < 1.29 is 23.2 Å². The molecule has 1 aliphatic carbocycles. The van der Waals surface area contributed by atoms with Crippen LogP contribution < -0.4 is 10.6 Å². The summed E-state index contributed by atoms with van der Waals surface area (Å²) >= 11 is 0. The molecule has 0 bridgehead atoms. The van der Waals surface area contributed by atoms with E-state index in [0.29, 0.717) is 16.9 Å². The minimum absolute atomic E-state index is 0.00210. The van der Waals surface area contributed by atoms with Crippen LogP contribution in [0.3, 0.4) is 0 Å². The Bertz CT molecular complexity index is 1260. The molecule has 1 atom stereocenters. The van der Waals surface area contributed by atoms with Crippen molar-refractivity contribution in [2.24, 2.45) is 0 Å². The van der Waals surface area contributed by atoms with E-state index in [4.69, 9.17) is 0 Å². The Morgan fingerprint density at radius 1 is 0.875 bits per heavy atom. The monoisotopic (exact) mass is 548 g/mol. The molecule has 1 aliphatic rings. The lowest BCUT2D eigenvalue weighted by molar-refractivity contribution is -0.142. The number of hydrogen-bond donors (Lipinski definition) is 2. The summed E-state index contributed by atoms with van der Waals surface area (Å²) in [7, 11) is 0. The third-order valence-electron chi connectivity index (χ3n) is 7.01. The fraction of sp³-hybridized carbons (Fsp3) is 0.355. The minimum atomic E-state index is -1.03. The van der Waals surface area contributed by atoms with Gasteiger partial charge in [0.25, 0.3) is 0 Å². The molecule has 210 valence electrons. The van der Waals surface area contributed by atoms with E-state index in [9.17, 15) is 23.2 Å². The smallest absolute Gasteiger partial charge is 0.247 e. The number of anilines is 1. The van der Waals surface area contributed by atoms with Crippen molar-refractivity contribution >= 4 is 23.5 Å². The Kier molecular flexibility index (Phi) is 10.3.